The Kier molecular flexibility index (Phi) is 11.8. The van der Waals surface area contributed by atoms with Gasteiger partial charge in [0.1, 0.15) is 0 Å². The summed E-state index contributed by atoms with van der Waals surface area (Å²) >= 11 is 0. The molecule has 0 spiro atoms. The Labute approximate surface area is 93.2 Å². The van der Waals surface area contributed by atoms with E-state index >= 15 is 0 Å². The number of unbranched alkanes of at least 4 members (excludes halogenated alkanes) is 1. The fraction of sp³-hybridized carbons (Fsp3) is 1.00. The number of hydrogen-bond donors (Lipinski definition) is 1. The SMILES string of the molecule is COCCCN(CCCCO)CCOC. The van der Waals surface area contributed by atoms with Crippen LogP contribution in [0.15, 0.2) is 0 Å². The summed E-state index contributed by atoms with van der Waals surface area (Å²) in [5.41, 5.74) is 0. The van der Waals surface area contributed by atoms with E-state index in [4.69, 9.17) is 14.6 Å². The van der Waals surface area contributed by atoms with Gasteiger partial charge in [0.15, 0.2) is 0 Å². The second-order valence-electron chi connectivity index (χ2n) is 3.61. The van der Waals surface area contributed by atoms with E-state index in [1.54, 1.807) is 14.2 Å². The van der Waals surface area contributed by atoms with Crippen molar-refractivity contribution in [3.63, 3.8) is 0 Å². The molecule has 0 fully saturated rings. The van der Waals surface area contributed by atoms with Crippen LogP contribution in [0.25, 0.3) is 0 Å². The molecule has 0 aliphatic heterocycles. The van der Waals surface area contributed by atoms with E-state index < -0.39 is 0 Å². The van der Waals surface area contributed by atoms with Gasteiger partial charge in [-0.25, -0.2) is 0 Å². The van der Waals surface area contributed by atoms with Gasteiger partial charge in [-0.05, 0) is 25.8 Å². The van der Waals surface area contributed by atoms with E-state index in [0.29, 0.717) is 0 Å². The zero-order valence-electron chi connectivity index (χ0n) is 10.1. The van der Waals surface area contributed by atoms with Gasteiger partial charge in [0.2, 0.25) is 0 Å². The predicted molar refractivity (Wildman–Crippen MR) is 61.1 cm³/mol. The number of rotatable bonds is 11. The highest BCUT2D eigenvalue weighted by Gasteiger charge is 2.03. The van der Waals surface area contributed by atoms with Gasteiger partial charge in [0, 0.05) is 40.5 Å². The maximum Gasteiger partial charge on any atom is 0.0589 e. The zero-order valence-corrected chi connectivity index (χ0v) is 10.1. The molecule has 4 nitrogen and oxygen atoms in total. The summed E-state index contributed by atoms with van der Waals surface area (Å²) in [6, 6.07) is 0. The molecule has 15 heavy (non-hydrogen) atoms. The second kappa shape index (κ2) is 11.9. The van der Waals surface area contributed by atoms with Crippen LogP contribution in [-0.2, 0) is 9.47 Å². The first kappa shape index (κ1) is 14.8. The number of methoxy groups -OCH3 is 2. The molecule has 0 aromatic carbocycles. The molecular weight excluding hydrogens is 194 g/mol. The van der Waals surface area contributed by atoms with Gasteiger partial charge >= 0.3 is 0 Å². The minimum Gasteiger partial charge on any atom is -0.396 e. The quantitative estimate of drug-likeness (QED) is 0.521. The lowest BCUT2D eigenvalue weighted by molar-refractivity contribution is 0.130. The number of aliphatic hydroxyl groups is 1. The van der Waals surface area contributed by atoms with E-state index in [1.807, 2.05) is 0 Å². The number of aliphatic hydroxyl groups excluding tert-OH is 1. The molecule has 92 valence electrons. The van der Waals surface area contributed by atoms with Gasteiger partial charge in [-0.15, -0.1) is 0 Å². The van der Waals surface area contributed by atoms with Gasteiger partial charge in [-0.2, -0.15) is 0 Å². The summed E-state index contributed by atoms with van der Waals surface area (Å²) in [4.78, 5) is 2.36. The summed E-state index contributed by atoms with van der Waals surface area (Å²) in [5.74, 6) is 0. The van der Waals surface area contributed by atoms with Crippen molar-refractivity contribution in [2.45, 2.75) is 19.3 Å². The molecule has 0 radical (unpaired) electrons. The molecule has 0 aliphatic carbocycles. The Bertz CT molecular complexity index is 112. The summed E-state index contributed by atoms with van der Waals surface area (Å²) in [6.45, 7) is 4.91. The number of hydrogen-bond acceptors (Lipinski definition) is 4. The smallest absolute Gasteiger partial charge is 0.0589 e. The first-order valence-electron chi connectivity index (χ1n) is 5.66. The van der Waals surface area contributed by atoms with Crippen LogP contribution in [0.2, 0.25) is 0 Å². The fourth-order valence-corrected chi connectivity index (χ4v) is 1.44. The Morgan fingerprint density at radius 2 is 1.53 bits per heavy atom. The number of ether oxygens (including phenoxy) is 2. The van der Waals surface area contributed by atoms with Crippen molar-refractivity contribution in [2.75, 3.05) is 53.7 Å². The van der Waals surface area contributed by atoms with Crippen molar-refractivity contribution in [1.82, 2.24) is 4.90 Å². The zero-order chi connectivity index (χ0) is 11.4. The second-order valence-corrected chi connectivity index (χ2v) is 3.61. The van der Waals surface area contributed by atoms with Crippen LogP contribution in [0.4, 0.5) is 0 Å². The van der Waals surface area contributed by atoms with E-state index in [-0.39, 0.29) is 6.61 Å². The van der Waals surface area contributed by atoms with Gasteiger partial charge in [0.05, 0.1) is 6.61 Å². The Hall–Kier alpha value is -0.160. The standard InChI is InChI=1S/C11H25NO3/c1-14-10-5-7-12(8-11-15-2)6-3-4-9-13/h13H,3-11H2,1-2H3. The molecule has 0 atom stereocenters. The third kappa shape index (κ3) is 10.1. The lowest BCUT2D eigenvalue weighted by Gasteiger charge is -2.21. The monoisotopic (exact) mass is 219 g/mol. The van der Waals surface area contributed by atoms with Gasteiger partial charge in [-0.1, -0.05) is 0 Å². The van der Waals surface area contributed by atoms with Crippen LogP contribution in [0.3, 0.4) is 0 Å². The molecule has 0 rings (SSSR count). The van der Waals surface area contributed by atoms with E-state index in [0.717, 1.165) is 52.1 Å². The molecule has 0 aromatic heterocycles. The molecular formula is C11H25NO3. The third-order valence-corrected chi connectivity index (χ3v) is 2.32. The summed E-state index contributed by atoms with van der Waals surface area (Å²) in [7, 11) is 3.45. The average Bonchev–Trinajstić information content (AvgIpc) is 2.25. The highest BCUT2D eigenvalue weighted by Crippen LogP contribution is 1.97. The van der Waals surface area contributed by atoms with Crippen molar-refractivity contribution in [1.29, 1.82) is 0 Å². The molecule has 0 aromatic rings. The summed E-state index contributed by atoms with van der Waals surface area (Å²) in [6.07, 6.45) is 2.99. The Balaban J connectivity index is 3.53. The first-order chi connectivity index (χ1) is 7.35. The van der Waals surface area contributed by atoms with Gasteiger partial charge < -0.3 is 19.5 Å². The fourth-order valence-electron chi connectivity index (χ4n) is 1.44. The highest BCUT2D eigenvalue weighted by molar-refractivity contribution is 4.57. The molecule has 0 saturated carbocycles. The van der Waals surface area contributed by atoms with E-state index in [2.05, 4.69) is 4.90 Å². The van der Waals surface area contributed by atoms with Crippen LogP contribution in [0, 0.1) is 0 Å². The highest BCUT2D eigenvalue weighted by atomic mass is 16.5. The summed E-state index contributed by atoms with van der Waals surface area (Å²) in [5, 5.41) is 8.71. The van der Waals surface area contributed by atoms with Crippen LogP contribution < -0.4 is 0 Å². The Morgan fingerprint density at radius 3 is 2.13 bits per heavy atom. The topological polar surface area (TPSA) is 41.9 Å². The molecule has 1 N–H and O–H groups in total. The van der Waals surface area contributed by atoms with E-state index in [9.17, 15) is 0 Å². The average molecular weight is 219 g/mol. The summed E-state index contributed by atoms with van der Waals surface area (Å²) < 4.78 is 10.1. The molecule has 0 amide bonds. The predicted octanol–water partition coefficient (Wildman–Crippen LogP) is 0.744. The van der Waals surface area contributed by atoms with Crippen molar-refractivity contribution in [3.05, 3.63) is 0 Å². The largest absolute Gasteiger partial charge is 0.396 e. The van der Waals surface area contributed by atoms with Crippen molar-refractivity contribution < 1.29 is 14.6 Å². The van der Waals surface area contributed by atoms with Crippen LogP contribution >= 0.6 is 0 Å². The van der Waals surface area contributed by atoms with E-state index in [1.165, 1.54) is 0 Å². The molecule has 0 heterocycles. The lowest BCUT2D eigenvalue weighted by atomic mass is 10.3. The number of nitrogens with zero attached hydrogens (tertiary/aromatic N) is 1. The van der Waals surface area contributed by atoms with Crippen LogP contribution in [-0.4, -0.2) is 63.7 Å². The van der Waals surface area contributed by atoms with Crippen molar-refractivity contribution in [2.24, 2.45) is 0 Å². The lowest BCUT2D eigenvalue weighted by Crippen LogP contribution is -2.30. The molecule has 0 unspecified atom stereocenters. The van der Waals surface area contributed by atoms with Gasteiger partial charge in [-0.3, -0.25) is 0 Å². The van der Waals surface area contributed by atoms with Crippen molar-refractivity contribution in [3.8, 4) is 0 Å². The van der Waals surface area contributed by atoms with Crippen LogP contribution in [0.1, 0.15) is 19.3 Å². The molecule has 0 aliphatic rings. The third-order valence-electron chi connectivity index (χ3n) is 2.32. The van der Waals surface area contributed by atoms with Gasteiger partial charge in [0.25, 0.3) is 0 Å². The minimum absolute atomic E-state index is 0.288. The molecule has 4 heteroatoms. The van der Waals surface area contributed by atoms with Crippen LogP contribution in [0.5, 0.6) is 0 Å². The first-order valence-corrected chi connectivity index (χ1v) is 5.66. The normalized spacial score (nSPS) is 11.2. The Morgan fingerprint density at radius 1 is 0.867 bits per heavy atom. The molecule has 0 bridgehead atoms. The maximum absolute atomic E-state index is 8.71. The van der Waals surface area contributed by atoms with Crippen molar-refractivity contribution >= 4 is 0 Å². The minimum atomic E-state index is 0.288. The molecule has 0 saturated heterocycles. The maximum atomic E-state index is 8.71.